The number of hydrogen-bond acceptors (Lipinski definition) is 4. The molecule has 1 aromatic carbocycles. The van der Waals surface area contributed by atoms with Crippen molar-refractivity contribution in [1.29, 1.82) is 0 Å². The molecule has 0 aromatic heterocycles. The molecule has 0 saturated heterocycles. The Morgan fingerprint density at radius 1 is 1.29 bits per heavy atom. The van der Waals surface area contributed by atoms with Crippen LogP contribution >= 0.6 is 35.0 Å². The van der Waals surface area contributed by atoms with Gasteiger partial charge >= 0.3 is 0 Å². The van der Waals surface area contributed by atoms with Crippen molar-refractivity contribution in [1.82, 2.24) is 10.0 Å². The first-order valence-electron chi connectivity index (χ1n) is 6.64. The second kappa shape index (κ2) is 7.53. The fraction of sp³-hybridized carbons (Fsp3) is 0.538. The van der Waals surface area contributed by atoms with Crippen LogP contribution in [0.1, 0.15) is 18.4 Å². The summed E-state index contributed by atoms with van der Waals surface area (Å²) in [5.74, 6) is 0.709. The van der Waals surface area contributed by atoms with Crippen LogP contribution in [0.5, 0.6) is 0 Å². The van der Waals surface area contributed by atoms with Gasteiger partial charge in [0.1, 0.15) is 4.90 Å². The highest BCUT2D eigenvalue weighted by atomic mass is 35.5. The SMILES string of the molecule is CSCCNS(=O)(=O)c1cc(CNC2CC2)c(Cl)cc1Cl. The number of benzene rings is 1. The van der Waals surface area contributed by atoms with E-state index in [4.69, 9.17) is 23.2 Å². The lowest BCUT2D eigenvalue weighted by Gasteiger charge is -2.12. The van der Waals surface area contributed by atoms with E-state index in [1.807, 2.05) is 6.26 Å². The van der Waals surface area contributed by atoms with Crippen molar-refractivity contribution >= 4 is 45.0 Å². The number of halogens is 2. The maximum atomic E-state index is 12.3. The Bertz CT molecular complexity index is 604. The highest BCUT2D eigenvalue weighted by Crippen LogP contribution is 2.29. The predicted molar refractivity (Wildman–Crippen MR) is 89.9 cm³/mol. The molecule has 0 amide bonds. The van der Waals surface area contributed by atoms with E-state index < -0.39 is 10.0 Å². The van der Waals surface area contributed by atoms with Gasteiger partial charge in [0.05, 0.1) is 5.02 Å². The highest BCUT2D eigenvalue weighted by molar-refractivity contribution is 7.98. The molecule has 1 aliphatic carbocycles. The lowest BCUT2D eigenvalue weighted by Crippen LogP contribution is -2.26. The molecular formula is C13H18Cl2N2O2S2. The van der Waals surface area contributed by atoms with E-state index in [2.05, 4.69) is 10.0 Å². The zero-order valence-corrected chi connectivity index (χ0v) is 14.8. The molecule has 0 heterocycles. The minimum absolute atomic E-state index is 0.0854. The summed E-state index contributed by atoms with van der Waals surface area (Å²) >= 11 is 13.8. The van der Waals surface area contributed by atoms with Crippen LogP contribution in [0.25, 0.3) is 0 Å². The lowest BCUT2D eigenvalue weighted by molar-refractivity contribution is 0.584. The van der Waals surface area contributed by atoms with Gasteiger partial charge in [-0.3, -0.25) is 0 Å². The second-order valence-electron chi connectivity index (χ2n) is 4.92. The van der Waals surface area contributed by atoms with Gasteiger partial charge in [0.2, 0.25) is 10.0 Å². The molecule has 0 spiro atoms. The molecule has 2 rings (SSSR count). The Morgan fingerprint density at radius 2 is 2.00 bits per heavy atom. The zero-order chi connectivity index (χ0) is 15.5. The number of hydrogen-bond donors (Lipinski definition) is 2. The van der Waals surface area contributed by atoms with Crippen LogP contribution in [0.15, 0.2) is 17.0 Å². The van der Waals surface area contributed by atoms with Crippen LogP contribution < -0.4 is 10.0 Å². The van der Waals surface area contributed by atoms with E-state index >= 15 is 0 Å². The molecule has 0 bridgehead atoms. The first kappa shape index (κ1) is 17.4. The molecule has 2 N–H and O–H groups in total. The van der Waals surface area contributed by atoms with E-state index in [1.165, 1.54) is 6.07 Å². The summed E-state index contributed by atoms with van der Waals surface area (Å²) < 4.78 is 27.1. The molecule has 4 nitrogen and oxygen atoms in total. The fourth-order valence-corrected chi connectivity index (χ4v) is 4.14. The Morgan fingerprint density at radius 3 is 2.62 bits per heavy atom. The van der Waals surface area contributed by atoms with Gasteiger partial charge in [-0.05, 0) is 36.8 Å². The minimum Gasteiger partial charge on any atom is -0.310 e. The largest absolute Gasteiger partial charge is 0.310 e. The van der Waals surface area contributed by atoms with Crippen LogP contribution in [0.2, 0.25) is 10.0 Å². The van der Waals surface area contributed by atoms with Crippen molar-refractivity contribution in [3.05, 3.63) is 27.7 Å². The summed E-state index contributed by atoms with van der Waals surface area (Å²) in [4.78, 5) is 0.0854. The molecule has 21 heavy (non-hydrogen) atoms. The zero-order valence-electron chi connectivity index (χ0n) is 11.7. The molecule has 0 aliphatic heterocycles. The maximum Gasteiger partial charge on any atom is 0.242 e. The molecule has 1 fully saturated rings. The molecule has 1 aromatic rings. The average Bonchev–Trinajstić information content (AvgIpc) is 3.21. The molecule has 8 heteroatoms. The average molecular weight is 369 g/mol. The van der Waals surface area contributed by atoms with E-state index in [0.717, 1.165) is 18.4 Å². The lowest BCUT2D eigenvalue weighted by atomic mass is 10.2. The maximum absolute atomic E-state index is 12.3. The summed E-state index contributed by atoms with van der Waals surface area (Å²) in [6, 6.07) is 3.58. The Hall–Kier alpha value is 0.0200. The molecule has 0 unspecified atom stereocenters. The van der Waals surface area contributed by atoms with Crippen LogP contribution in [0.3, 0.4) is 0 Å². The number of thioether (sulfide) groups is 1. The third kappa shape index (κ3) is 5.01. The van der Waals surface area contributed by atoms with Gasteiger partial charge in [-0.25, -0.2) is 13.1 Å². The van der Waals surface area contributed by atoms with Crippen LogP contribution in [0.4, 0.5) is 0 Å². The van der Waals surface area contributed by atoms with E-state index in [-0.39, 0.29) is 9.92 Å². The van der Waals surface area contributed by atoms with Crippen molar-refractivity contribution in [3.63, 3.8) is 0 Å². The fourth-order valence-electron chi connectivity index (χ4n) is 1.81. The van der Waals surface area contributed by atoms with Crippen molar-refractivity contribution in [2.24, 2.45) is 0 Å². The molecule has 0 radical (unpaired) electrons. The van der Waals surface area contributed by atoms with E-state index in [1.54, 1.807) is 17.8 Å². The van der Waals surface area contributed by atoms with E-state index in [9.17, 15) is 8.42 Å². The minimum atomic E-state index is -3.61. The molecule has 0 atom stereocenters. The first-order valence-corrected chi connectivity index (χ1v) is 10.3. The van der Waals surface area contributed by atoms with Crippen LogP contribution in [-0.2, 0) is 16.6 Å². The van der Waals surface area contributed by atoms with Crippen LogP contribution in [0, 0.1) is 0 Å². The van der Waals surface area contributed by atoms with Gasteiger partial charge in [-0.1, -0.05) is 23.2 Å². The molecular weight excluding hydrogens is 351 g/mol. The number of rotatable bonds is 8. The summed E-state index contributed by atoms with van der Waals surface area (Å²) in [5.41, 5.74) is 0.748. The quantitative estimate of drug-likeness (QED) is 0.692. The van der Waals surface area contributed by atoms with Crippen molar-refractivity contribution in [2.75, 3.05) is 18.6 Å². The van der Waals surface area contributed by atoms with Crippen LogP contribution in [-0.4, -0.2) is 33.0 Å². The Kier molecular flexibility index (Phi) is 6.23. The van der Waals surface area contributed by atoms with Crippen molar-refractivity contribution in [3.8, 4) is 0 Å². The van der Waals surface area contributed by atoms with Gasteiger partial charge in [0, 0.05) is 29.9 Å². The number of sulfonamides is 1. The van der Waals surface area contributed by atoms with Crippen molar-refractivity contribution in [2.45, 2.75) is 30.3 Å². The smallest absolute Gasteiger partial charge is 0.242 e. The molecule has 1 aliphatic rings. The first-order chi connectivity index (χ1) is 9.94. The normalized spacial score (nSPS) is 15.4. The van der Waals surface area contributed by atoms with E-state index in [0.29, 0.717) is 29.9 Å². The topological polar surface area (TPSA) is 58.2 Å². The van der Waals surface area contributed by atoms with Gasteiger partial charge in [0.15, 0.2) is 0 Å². The van der Waals surface area contributed by atoms with Gasteiger partial charge < -0.3 is 5.32 Å². The summed E-state index contributed by atoms with van der Waals surface area (Å²) in [5, 5.41) is 3.95. The standard InChI is InChI=1S/C13H18Cl2N2O2S2/c1-20-5-4-17-21(18,19)13-6-9(8-16-10-2-3-10)11(14)7-12(13)15/h6-7,10,16-17H,2-5,8H2,1H3. The van der Waals surface area contributed by atoms with Gasteiger partial charge in [-0.2, -0.15) is 11.8 Å². The Balaban J connectivity index is 2.18. The predicted octanol–water partition coefficient (Wildman–Crippen LogP) is 2.89. The second-order valence-corrected chi connectivity index (χ2v) is 8.46. The van der Waals surface area contributed by atoms with Gasteiger partial charge in [-0.15, -0.1) is 0 Å². The molecule has 118 valence electrons. The third-order valence-electron chi connectivity index (χ3n) is 3.15. The van der Waals surface area contributed by atoms with Crippen molar-refractivity contribution < 1.29 is 8.42 Å². The summed E-state index contributed by atoms with van der Waals surface area (Å²) in [6.07, 6.45) is 4.24. The molecule has 1 saturated carbocycles. The number of nitrogens with one attached hydrogen (secondary N) is 2. The Labute approximate surface area is 140 Å². The monoisotopic (exact) mass is 368 g/mol. The highest BCUT2D eigenvalue weighted by Gasteiger charge is 2.23. The summed E-state index contributed by atoms with van der Waals surface area (Å²) in [7, 11) is -3.61. The third-order valence-corrected chi connectivity index (χ3v) is 6.04. The summed E-state index contributed by atoms with van der Waals surface area (Å²) in [6.45, 7) is 0.923. The van der Waals surface area contributed by atoms with Gasteiger partial charge in [0.25, 0.3) is 0 Å².